The summed E-state index contributed by atoms with van der Waals surface area (Å²) in [5, 5.41) is 4.54. The molecular weight excluding hydrogens is 352 g/mol. The molecule has 1 aromatic carbocycles. The van der Waals surface area contributed by atoms with E-state index in [0.717, 1.165) is 4.88 Å². The number of nitrogens with zero attached hydrogens (tertiary/aromatic N) is 1. The van der Waals surface area contributed by atoms with Gasteiger partial charge in [-0.05, 0) is 48.6 Å². The molecule has 3 rings (SSSR count). The molecule has 0 unspecified atom stereocenters. The SMILES string of the molecule is CC(=O)Nc1ccc(OC(=O)C2CCN(C(=O)c3cccs3)CC2)cc1. The van der Waals surface area contributed by atoms with Crippen molar-refractivity contribution in [2.24, 2.45) is 5.92 Å². The second kappa shape index (κ2) is 8.14. The van der Waals surface area contributed by atoms with Crippen LogP contribution in [0, 0.1) is 5.92 Å². The number of amides is 2. The molecule has 2 aromatic rings. The van der Waals surface area contributed by atoms with Crippen molar-refractivity contribution in [3.05, 3.63) is 46.7 Å². The Kier molecular flexibility index (Phi) is 5.68. The summed E-state index contributed by atoms with van der Waals surface area (Å²) < 4.78 is 5.43. The lowest BCUT2D eigenvalue weighted by Crippen LogP contribution is -2.40. The molecule has 2 heterocycles. The van der Waals surface area contributed by atoms with E-state index in [2.05, 4.69) is 5.32 Å². The number of rotatable bonds is 4. The number of thiophene rings is 1. The molecule has 6 nitrogen and oxygen atoms in total. The number of hydrogen-bond acceptors (Lipinski definition) is 5. The second-order valence-electron chi connectivity index (χ2n) is 6.17. The largest absolute Gasteiger partial charge is 0.426 e. The van der Waals surface area contributed by atoms with Crippen molar-refractivity contribution >= 4 is 34.8 Å². The Morgan fingerprint density at radius 1 is 1.12 bits per heavy atom. The molecule has 0 bridgehead atoms. The maximum absolute atomic E-state index is 12.3. The molecule has 1 saturated heterocycles. The fourth-order valence-electron chi connectivity index (χ4n) is 2.88. The van der Waals surface area contributed by atoms with Gasteiger partial charge in [0.1, 0.15) is 5.75 Å². The van der Waals surface area contributed by atoms with E-state index in [4.69, 9.17) is 4.74 Å². The first-order valence-corrected chi connectivity index (χ1v) is 9.33. The lowest BCUT2D eigenvalue weighted by molar-refractivity contribution is -0.140. The van der Waals surface area contributed by atoms with Gasteiger partial charge in [-0.1, -0.05) is 6.07 Å². The van der Waals surface area contributed by atoms with Crippen molar-refractivity contribution < 1.29 is 19.1 Å². The van der Waals surface area contributed by atoms with E-state index >= 15 is 0 Å². The lowest BCUT2D eigenvalue weighted by Gasteiger charge is -2.30. The van der Waals surface area contributed by atoms with Crippen LogP contribution in [0.5, 0.6) is 5.75 Å². The van der Waals surface area contributed by atoms with E-state index in [9.17, 15) is 14.4 Å². The summed E-state index contributed by atoms with van der Waals surface area (Å²) in [6.45, 7) is 2.54. The summed E-state index contributed by atoms with van der Waals surface area (Å²) >= 11 is 1.43. The normalized spacial score (nSPS) is 14.7. The van der Waals surface area contributed by atoms with E-state index in [1.807, 2.05) is 17.5 Å². The maximum Gasteiger partial charge on any atom is 0.314 e. The van der Waals surface area contributed by atoms with Crippen LogP contribution in [-0.2, 0) is 9.59 Å². The average molecular weight is 372 g/mol. The van der Waals surface area contributed by atoms with Crippen LogP contribution in [0.4, 0.5) is 5.69 Å². The minimum atomic E-state index is -0.277. The van der Waals surface area contributed by atoms with Crippen LogP contribution >= 0.6 is 11.3 Å². The number of piperidine rings is 1. The average Bonchev–Trinajstić information content (AvgIpc) is 3.17. The zero-order valence-electron chi connectivity index (χ0n) is 14.4. The summed E-state index contributed by atoms with van der Waals surface area (Å²) in [6, 6.07) is 10.4. The summed E-state index contributed by atoms with van der Waals surface area (Å²) in [4.78, 5) is 38.2. The van der Waals surface area contributed by atoms with Gasteiger partial charge >= 0.3 is 5.97 Å². The summed E-state index contributed by atoms with van der Waals surface area (Å²) in [7, 11) is 0. The lowest BCUT2D eigenvalue weighted by atomic mass is 9.97. The first kappa shape index (κ1) is 18.1. The zero-order chi connectivity index (χ0) is 18.5. The highest BCUT2D eigenvalue weighted by Crippen LogP contribution is 2.23. The molecule has 1 N–H and O–H groups in total. The number of ether oxygens (including phenoxy) is 1. The predicted molar refractivity (Wildman–Crippen MR) is 99.3 cm³/mol. The van der Waals surface area contributed by atoms with Crippen LogP contribution in [0.15, 0.2) is 41.8 Å². The summed E-state index contributed by atoms with van der Waals surface area (Å²) in [5.74, 6) is -0.168. The Balaban J connectivity index is 1.50. The molecule has 0 atom stereocenters. The number of esters is 1. The Bertz CT molecular complexity index is 778. The third-order valence-corrected chi connectivity index (χ3v) is 5.10. The number of nitrogens with one attached hydrogen (secondary N) is 1. The van der Waals surface area contributed by atoms with Gasteiger partial charge in [0, 0.05) is 25.7 Å². The molecule has 1 fully saturated rings. The smallest absolute Gasteiger partial charge is 0.314 e. The van der Waals surface area contributed by atoms with E-state index in [1.165, 1.54) is 18.3 Å². The first-order chi connectivity index (χ1) is 12.5. The van der Waals surface area contributed by atoms with Crippen LogP contribution in [0.1, 0.15) is 29.4 Å². The molecule has 0 aliphatic carbocycles. The molecule has 1 aromatic heterocycles. The summed E-state index contributed by atoms with van der Waals surface area (Å²) in [6.07, 6.45) is 1.19. The Morgan fingerprint density at radius 2 is 1.81 bits per heavy atom. The molecule has 1 aliphatic heterocycles. The molecule has 2 amide bonds. The molecule has 0 radical (unpaired) electrons. The van der Waals surface area contributed by atoms with Gasteiger partial charge in [-0.15, -0.1) is 11.3 Å². The second-order valence-corrected chi connectivity index (χ2v) is 7.12. The highest BCUT2D eigenvalue weighted by atomic mass is 32.1. The number of carbonyl (C=O) groups is 3. The number of benzene rings is 1. The standard InChI is InChI=1S/C19H20N2O4S/c1-13(22)20-15-4-6-16(7-5-15)25-19(24)14-8-10-21(11-9-14)18(23)17-3-2-12-26-17/h2-7,12,14H,8-11H2,1H3,(H,20,22). The zero-order valence-corrected chi connectivity index (χ0v) is 15.3. The molecule has 7 heteroatoms. The van der Waals surface area contributed by atoms with Gasteiger partial charge in [-0.3, -0.25) is 14.4 Å². The van der Waals surface area contributed by atoms with Gasteiger partial charge in [0.15, 0.2) is 0 Å². The minimum absolute atomic E-state index is 0.0281. The maximum atomic E-state index is 12.3. The van der Waals surface area contributed by atoms with E-state index in [0.29, 0.717) is 37.4 Å². The fourth-order valence-corrected chi connectivity index (χ4v) is 3.57. The highest BCUT2D eigenvalue weighted by Gasteiger charge is 2.29. The van der Waals surface area contributed by atoms with Gasteiger partial charge in [-0.25, -0.2) is 0 Å². The monoisotopic (exact) mass is 372 g/mol. The van der Waals surface area contributed by atoms with Crippen molar-refractivity contribution in [1.82, 2.24) is 4.90 Å². The van der Waals surface area contributed by atoms with Crippen LogP contribution in [0.3, 0.4) is 0 Å². The molecule has 26 heavy (non-hydrogen) atoms. The van der Waals surface area contributed by atoms with Gasteiger partial charge in [-0.2, -0.15) is 0 Å². The quantitative estimate of drug-likeness (QED) is 0.661. The number of anilines is 1. The first-order valence-electron chi connectivity index (χ1n) is 8.45. The van der Waals surface area contributed by atoms with Crippen molar-refractivity contribution in [1.29, 1.82) is 0 Å². The summed E-state index contributed by atoms with van der Waals surface area (Å²) in [5.41, 5.74) is 0.651. The van der Waals surface area contributed by atoms with Gasteiger partial charge in [0.25, 0.3) is 5.91 Å². The molecule has 0 saturated carbocycles. The number of carbonyl (C=O) groups excluding carboxylic acids is 3. The van der Waals surface area contributed by atoms with Crippen LogP contribution in [0.25, 0.3) is 0 Å². The van der Waals surface area contributed by atoms with Crippen LogP contribution < -0.4 is 10.1 Å². The van der Waals surface area contributed by atoms with Crippen LogP contribution in [0.2, 0.25) is 0 Å². The molecule has 136 valence electrons. The third-order valence-electron chi connectivity index (χ3n) is 4.24. The highest BCUT2D eigenvalue weighted by molar-refractivity contribution is 7.12. The van der Waals surface area contributed by atoms with Crippen molar-refractivity contribution in [2.45, 2.75) is 19.8 Å². The van der Waals surface area contributed by atoms with E-state index in [-0.39, 0.29) is 23.7 Å². The van der Waals surface area contributed by atoms with Crippen LogP contribution in [-0.4, -0.2) is 35.8 Å². The van der Waals surface area contributed by atoms with Crippen molar-refractivity contribution in [2.75, 3.05) is 18.4 Å². The van der Waals surface area contributed by atoms with E-state index < -0.39 is 0 Å². The topological polar surface area (TPSA) is 75.7 Å². The van der Waals surface area contributed by atoms with Gasteiger partial charge < -0.3 is 15.0 Å². The Hall–Kier alpha value is -2.67. The van der Waals surface area contributed by atoms with E-state index in [1.54, 1.807) is 29.2 Å². The van der Waals surface area contributed by atoms with Gasteiger partial charge in [0.2, 0.25) is 5.91 Å². The fraction of sp³-hybridized carbons (Fsp3) is 0.316. The number of hydrogen-bond donors (Lipinski definition) is 1. The molecule has 1 aliphatic rings. The van der Waals surface area contributed by atoms with Crippen molar-refractivity contribution in [3.63, 3.8) is 0 Å². The Morgan fingerprint density at radius 3 is 2.38 bits per heavy atom. The van der Waals surface area contributed by atoms with Gasteiger partial charge in [0.05, 0.1) is 10.8 Å². The molecular formula is C19H20N2O4S. The third kappa shape index (κ3) is 4.49. The molecule has 0 spiro atoms. The van der Waals surface area contributed by atoms with Crippen molar-refractivity contribution in [3.8, 4) is 5.75 Å². The predicted octanol–water partition coefficient (Wildman–Crippen LogP) is 3.16. The number of likely N-dealkylation sites (tertiary alicyclic amines) is 1. The minimum Gasteiger partial charge on any atom is -0.426 e. The Labute approximate surface area is 155 Å².